The molecule has 220 valence electrons. The largest absolute Gasteiger partial charge is 0.423 e. The molecule has 0 amide bonds. The zero-order valence-corrected chi connectivity index (χ0v) is 25.4. The third kappa shape index (κ3) is 7.99. The van der Waals surface area contributed by atoms with E-state index in [1.54, 1.807) is 13.8 Å². The first-order valence-corrected chi connectivity index (χ1v) is 15.7. The number of carbonyl (C=O) groups excluding carboxylic acids is 2. The summed E-state index contributed by atoms with van der Waals surface area (Å²) < 4.78 is 10.9. The van der Waals surface area contributed by atoms with Gasteiger partial charge in [-0.1, -0.05) is 95.7 Å². The molecule has 0 unspecified atom stereocenters. The van der Waals surface area contributed by atoms with Gasteiger partial charge in [-0.05, 0) is 92.7 Å². The Morgan fingerprint density at radius 3 is 1.39 bits per heavy atom. The summed E-state index contributed by atoms with van der Waals surface area (Å²) in [5.41, 5.74) is 3.08. The molecule has 2 saturated carbocycles. The molecule has 2 aliphatic carbocycles. The second kappa shape index (κ2) is 14.2. The molecule has 0 saturated heterocycles. The van der Waals surface area contributed by atoms with Crippen LogP contribution in [0.15, 0.2) is 72.8 Å². The van der Waals surface area contributed by atoms with Crippen molar-refractivity contribution in [3.05, 3.63) is 84.0 Å². The zero-order valence-electron chi connectivity index (χ0n) is 25.4. The molecule has 2 aliphatic rings. The van der Waals surface area contributed by atoms with E-state index < -0.39 is 11.9 Å². The Labute approximate surface area is 247 Å². The molecule has 0 aliphatic heterocycles. The van der Waals surface area contributed by atoms with Crippen molar-refractivity contribution >= 4 is 11.9 Å². The van der Waals surface area contributed by atoms with E-state index in [1.807, 2.05) is 24.3 Å². The molecule has 0 N–H and O–H groups in total. The van der Waals surface area contributed by atoms with Gasteiger partial charge in [0.2, 0.25) is 0 Å². The van der Waals surface area contributed by atoms with Crippen LogP contribution in [0.25, 0.3) is 0 Å². The Morgan fingerprint density at radius 2 is 1.02 bits per heavy atom. The lowest BCUT2D eigenvalue weighted by Crippen LogP contribution is -2.33. The van der Waals surface area contributed by atoms with Crippen LogP contribution in [0.3, 0.4) is 0 Å². The molecule has 41 heavy (non-hydrogen) atoms. The minimum Gasteiger partial charge on any atom is -0.423 e. The number of benzene rings is 2. The van der Waals surface area contributed by atoms with Gasteiger partial charge in [0.05, 0.1) is 0 Å². The van der Waals surface area contributed by atoms with Crippen molar-refractivity contribution in [3.8, 4) is 11.5 Å². The highest BCUT2D eigenvalue weighted by molar-refractivity contribution is 5.89. The third-order valence-electron chi connectivity index (χ3n) is 9.54. The number of esters is 2. The predicted molar refractivity (Wildman–Crippen MR) is 166 cm³/mol. The summed E-state index contributed by atoms with van der Waals surface area (Å²) in [6.45, 7) is 13.0. The van der Waals surface area contributed by atoms with Crippen LogP contribution in [0.4, 0.5) is 0 Å². The van der Waals surface area contributed by atoms with Crippen LogP contribution in [0.5, 0.6) is 11.5 Å². The van der Waals surface area contributed by atoms with Crippen molar-refractivity contribution in [2.24, 2.45) is 17.8 Å². The zero-order chi connectivity index (χ0) is 29.4. The fourth-order valence-electron chi connectivity index (χ4n) is 6.96. The molecule has 0 atom stereocenters. The Morgan fingerprint density at radius 1 is 0.659 bits per heavy atom. The number of hydrogen-bond donors (Lipinski definition) is 0. The Kier molecular flexibility index (Phi) is 10.6. The summed E-state index contributed by atoms with van der Waals surface area (Å²) in [6.07, 6.45) is 15.7. The standard InChI is InChI=1S/C37H48O4/c1-6-7-28-8-10-29(11-9-28)12-13-30-22-24-37(25-23-30,31-14-18-33(19-15-31)40-35(38)26(2)3)32-16-20-34(21-17-32)41-36(39)27(4)5/h14-21,28-30H,2,4,6-13,22-25H2,1,3,5H3. The second-order valence-electron chi connectivity index (χ2n) is 12.7. The normalized spacial score (nSPS) is 20.7. The molecule has 4 rings (SSSR count). The van der Waals surface area contributed by atoms with Gasteiger partial charge in [0, 0.05) is 16.6 Å². The average molecular weight is 557 g/mol. The summed E-state index contributed by atoms with van der Waals surface area (Å²) in [7, 11) is 0. The van der Waals surface area contributed by atoms with Gasteiger partial charge in [0.1, 0.15) is 11.5 Å². The van der Waals surface area contributed by atoms with E-state index in [-0.39, 0.29) is 5.41 Å². The quantitative estimate of drug-likeness (QED) is 0.157. The highest BCUT2D eigenvalue weighted by Gasteiger charge is 2.38. The minimum absolute atomic E-state index is 0.136. The summed E-state index contributed by atoms with van der Waals surface area (Å²) in [6, 6.07) is 16.0. The van der Waals surface area contributed by atoms with Gasteiger partial charge in [-0.2, -0.15) is 0 Å². The Hall–Kier alpha value is -3.14. The second-order valence-corrected chi connectivity index (χ2v) is 12.7. The van der Waals surface area contributed by atoms with Crippen molar-refractivity contribution in [1.29, 1.82) is 0 Å². The van der Waals surface area contributed by atoms with Gasteiger partial charge in [-0.3, -0.25) is 0 Å². The summed E-state index contributed by atoms with van der Waals surface area (Å²) >= 11 is 0. The molecule has 0 heterocycles. The predicted octanol–water partition coefficient (Wildman–Crippen LogP) is 9.51. The van der Waals surface area contributed by atoms with Crippen molar-refractivity contribution in [2.45, 2.75) is 103 Å². The molecule has 0 spiro atoms. The van der Waals surface area contributed by atoms with Crippen molar-refractivity contribution in [1.82, 2.24) is 0 Å². The van der Waals surface area contributed by atoms with E-state index in [0.29, 0.717) is 22.6 Å². The van der Waals surface area contributed by atoms with Gasteiger partial charge in [0.25, 0.3) is 0 Å². The van der Waals surface area contributed by atoms with Gasteiger partial charge in [0.15, 0.2) is 0 Å². The number of carbonyl (C=O) groups is 2. The lowest BCUT2D eigenvalue weighted by atomic mass is 9.62. The topological polar surface area (TPSA) is 52.6 Å². The number of hydrogen-bond acceptors (Lipinski definition) is 4. The van der Waals surface area contributed by atoms with E-state index in [1.165, 1.54) is 75.3 Å². The van der Waals surface area contributed by atoms with Crippen LogP contribution in [0.1, 0.15) is 109 Å². The summed E-state index contributed by atoms with van der Waals surface area (Å²) in [5.74, 6) is 2.89. The molecule has 4 heteroatoms. The van der Waals surface area contributed by atoms with E-state index in [9.17, 15) is 9.59 Å². The highest BCUT2D eigenvalue weighted by atomic mass is 16.5. The molecule has 2 fully saturated rings. The first kappa shape index (κ1) is 30.8. The van der Waals surface area contributed by atoms with E-state index in [4.69, 9.17) is 9.47 Å². The van der Waals surface area contributed by atoms with E-state index >= 15 is 0 Å². The maximum Gasteiger partial charge on any atom is 0.338 e. The monoisotopic (exact) mass is 556 g/mol. The molecule has 2 aromatic carbocycles. The first-order valence-electron chi connectivity index (χ1n) is 15.7. The average Bonchev–Trinajstić information content (AvgIpc) is 2.98. The van der Waals surface area contributed by atoms with Gasteiger partial charge in [-0.25, -0.2) is 9.59 Å². The lowest BCUT2D eigenvalue weighted by Gasteiger charge is -2.42. The molecule has 2 aromatic rings. The molecule has 0 aromatic heterocycles. The third-order valence-corrected chi connectivity index (χ3v) is 9.54. The van der Waals surface area contributed by atoms with Gasteiger partial charge in [-0.15, -0.1) is 0 Å². The van der Waals surface area contributed by atoms with Crippen LogP contribution in [-0.4, -0.2) is 11.9 Å². The van der Waals surface area contributed by atoms with Crippen LogP contribution < -0.4 is 9.47 Å². The van der Waals surface area contributed by atoms with E-state index in [2.05, 4.69) is 44.3 Å². The van der Waals surface area contributed by atoms with E-state index in [0.717, 1.165) is 30.6 Å². The lowest BCUT2D eigenvalue weighted by molar-refractivity contribution is -0.130. The minimum atomic E-state index is -0.410. The molecular weight excluding hydrogens is 508 g/mol. The molecular formula is C37H48O4. The number of ether oxygens (including phenoxy) is 2. The SMILES string of the molecule is C=C(C)C(=O)Oc1ccc(C2(c3ccc(OC(=O)C(=C)C)cc3)CCC(CCC3CCC(CCC)CC3)CC2)cc1. The van der Waals surface area contributed by atoms with Gasteiger partial charge < -0.3 is 9.47 Å². The number of rotatable bonds is 11. The maximum absolute atomic E-state index is 12.0. The van der Waals surface area contributed by atoms with Crippen molar-refractivity contribution in [3.63, 3.8) is 0 Å². The smallest absolute Gasteiger partial charge is 0.338 e. The van der Waals surface area contributed by atoms with Crippen LogP contribution >= 0.6 is 0 Å². The Balaban J connectivity index is 1.47. The Bertz CT molecular complexity index is 1120. The molecule has 4 nitrogen and oxygen atoms in total. The van der Waals surface area contributed by atoms with Crippen LogP contribution in [0, 0.1) is 17.8 Å². The maximum atomic E-state index is 12.0. The fourth-order valence-corrected chi connectivity index (χ4v) is 6.96. The van der Waals surface area contributed by atoms with Crippen LogP contribution in [-0.2, 0) is 15.0 Å². The highest BCUT2D eigenvalue weighted by Crippen LogP contribution is 2.48. The first-order chi connectivity index (χ1) is 19.7. The van der Waals surface area contributed by atoms with Crippen molar-refractivity contribution < 1.29 is 19.1 Å². The van der Waals surface area contributed by atoms with Gasteiger partial charge >= 0.3 is 11.9 Å². The fraction of sp³-hybridized carbons (Fsp3) is 0.514. The summed E-state index contributed by atoms with van der Waals surface area (Å²) in [4.78, 5) is 24.1. The summed E-state index contributed by atoms with van der Waals surface area (Å²) in [5, 5.41) is 0. The van der Waals surface area contributed by atoms with Crippen LogP contribution in [0.2, 0.25) is 0 Å². The molecule has 0 bridgehead atoms. The molecule has 0 radical (unpaired) electrons. The van der Waals surface area contributed by atoms with Crippen molar-refractivity contribution in [2.75, 3.05) is 0 Å².